The number of carbonyl (C=O) groups is 1. The molecule has 21 heavy (non-hydrogen) atoms. The smallest absolute Gasteiger partial charge is 0.341 e. The summed E-state index contributed by atoms with van der Waals surface area (Å²) in [6, 6.07) is 1.35. The molecule has 0 fully saturated rings. The second kappa shape index (κ2) is 5.58. The highest BCUT2D eigenvalue weighted by Gasteiger charge is 2.18. The molecule has 1 aromatic heterocycles. The van der Waals surface area contributed by atoms with Crippen LogP contribution in [0.15, 0.2) is 23.1 Å². The summed E-state index contributed by atoms with van der Waals surface area (Å²) in [6.45, 7) is -0.891. The molecule has 0 saturated carbocycles. The molecule has 1 atom stereocenters. The van der Waals surface area contributed by atoms with E-state index in [2.05, 4.69) is 0 Å². The van der Waals surface area contributed by atoms with Gasteiger partial charge in [0.2, 0.25) is 5.43 Å². The van der Waals surface area contributed by atoms with Gasteiger partial charge in [-0.2, -0.15) is 0 Å². The van der Waals surface area contributed by atoms with Gasteiger partial charge in [0.05, 0.1) is 24.8 Å². The summed E-state index contributed by atoms with van der Waals surface area (Å²) >= 11 is 0. The minimum atomic E-state index is -1.53. The quantitative estimate of drug-likeness (QED) is 0.755. The lowest BCUT2D eigenvalue weighted by Gasteiger charge is -2.15. The molecule has 112 valence electrons. The van der Waals surface area contributed by atoms with E-state index < -0.39 is 41.3 Å². The van der Waals surface area contributed by atoms with Crippen LogP contribution in [0.25, 0.3) is 10.9 Å². The predicted octanol–water partition coefficient (Wildman–Crippen LogP) is 0.331. The lowest BCUT2D eigenvalue weighted by molar-refractivity contribution is 0.0691. The molecule has 2 rings (SSSR count). The third-order valence-electron chi connectivity index (χ3n) is 2.97. The van der Waals surface area contributed by atoms with E-state index in [1.807, 2.05) is 0 Å². The second-order valence-corrected chi connectivity index (χ2v) is 4.45. The van der Waals surface area contributed by atoms with Crippen molar-refractivity contribution < 1.29 is 28.9 Å². The van der Waals surface area contributed by atoms with Crippen LogP contribution in [-0.4, -0.2) is 38.6 Å². The topological polar surface area (TPSA) is 99.8 Å². The molecular weight excluding hydrogens is 288 g/mol. The average molecular weight is 299 g/mol. The Labute approximate surface area is 116 Å². The number of carboxylic acids is 1. The molecule has 0 bridgehead atoms. The molecule has 0 aliphatic rings. The average Bonchev–Trinajstić information content (AvgIpc) is 2.43. The highest BCUT2D eigenvalue weighted by atomic mass is 19.2. The van der Waals surface area contributed by atoms with Crippen molar-refractivity contribution in [2.75, 3.05) is 6.61 Å². The number of aliphatic hydroxyl groups excluding tert-OH is 2. The lowest BCUT2D eigenvalue weighted by atomic mass is 10.1. The zero-order valence-corrected chi connectivity index (χ0v) is 10.6. The first-order chi connectivity index (χ1) is 9.85. The number of aromatic nitrogens is 1. The number of aliphatic hydroxyl groups is 2. The number of fused-ring (bicyclic) bond motifs is 1. The first-order valence-electron chi connectivity index (χ1n) is 5.89. The standard InChI is InChI=1S/C13H11F2NO5/c14-9-1-7-11(2-10(9)15)16(3-6(18)5-17)4-8(12(7)19)13(20)21/h1-2,4,6,17-18H,3,5H2,(H,20,21). The number of benzene rings is 1. The number of pyridine rings is 1. The first-order valence-corrected chi connectivity index (χ1v) is 5.89. The van der Waals surface area contributed by atoms with Crippen LogP contribution in [0.2, 0.25) is 0 Å². The van der Waals surface area contributed by atoms with Gasteiger partial charge >= 0.3 is 5.97 Å². The van der Waals surface area contributed by atoms with E-state index >= 15 is 0 Å². The zero-order chi connectivity index (χ0) is 15.7. The summed E-state index contributed by atoms with van der Waals surface area (Å²) < 4.78 is 27.7. The monoisotopic (exact) mass is 299 g/mol. The highest BCUT2D eigenvalue weighted by molar-refractivity contribution is 5.92. The van der Waals surface area contributed by atoms with Crippen LogP contribution in [0, 0.1) is 11.6 Å². The molecular formula is C13H11F2NO5. The predicted molar refractivity (Wildman–Crippen MR) is 68.2 cm³/mol. The third-order valence-corrected chi connectivity index (χ3v) is 2.97. The maximum atomic E-state index is 13.3. The van der Waals surface area contributed by atoms with Crippen molar-refractivity contribution in [1.29, 1.82) is 0 Å². The van der Waals surface area contributed by atoms with Gasteiger partial charge in [-0.05, 0) is 6.07 Å². The summed E-state index contributed by atoms with van der Waals surface area (Å²) in [5.74, 6) is -4.02. The summed E-state index contributed by atoms with van der Waals surface area (Å²) in [5, 5.41) is 26.9. The molecule has 1 heterocycles. The maximum Gasteiger partial charge on any atom is 0.341 e. The molecule has 0 amide bonds. The van der Waals surface area contributed by atoms with Crippen LogP contribution < -0.4 is 5.43 Å². The number of hydrogen-bond donors (Lipinski definition) is 3. The van der Waals surface area contributed by atoms with Crippen LogP contribution >= 0.6 is 0 Å². The van der Waals surface area contributed by atoms with E-state index in [1.54, 1.807) is 0 Å². The Morgan fingerprint density at radius 2 is 1.90 bits per heavy atom. The maximum absolute atomic E-state index is 13.3. The van der Waals surface area contributed by atoms with Gasteiger partial charge in [-0.15, -0.1) is 0 Å². The van der Waals surface area contributed by atoms with Crippen molar-refractivity contribution in [3.8, 4) is 0 Å². The van der Waals surface area contributed by atoms with Crippen molar-refractivity contribution in [3.05, 3.63) is 45.8 Å². The van der Waals surface area contributed by atoms with E-state index in [0.717, 1.165) is 16.8 Å². The molecule has 0 aliphatic heterocycles. The van der Waals surface area contributed by atoms with Crippen LogP contribution in [0.4, 0.5) is 8.78 Å². The lowest BCUT2D eigenvalue weighted by Crippen LogP contribution is -2.24. The summed E-state index contributed by atoms with van der Waals surface area (Å²) in [6.07, 6.45) is -0.325. The van der Waals surface area contributed by atoms with E-state index in [-0.39, 0.29) is 17.4 Å². The Morgan fingerprint density at radius 3 is 2.48 bits per heavy atom. The van der Waals surface area contributed by atoms with E-state index in [4.69, 9.17) is 10.2 Å². The SMILES string of the molecule is O=C(O)c1cn(CC(O)CO)c2cc(F)c(F)cc2c1=O. The summed E-state index contributed by atoms with van der Waals surface area (Å²) in [4.78, 5) is 23.0. The van der Waals surface area contributed by atoms with Gasteiger partial charge in [0.1, 0.15) is 5.56 Å². The van der Waals surface area contributed by atoms with Crippen molar-refractivity contribution in [1.82, 2.24) is 4.57 Å². The number of nitrogens with zero attached hydrogens (tertiary/aromatic N) is 1. The number of carboxylic acid groups (broad SMARTS) is 1. The van der Waals surface area contributed by atoms with Gasteiger partial charge in [0.25, 0.3) is 0 Å². The molecule has 1 unspecified atom stereocenters. The Bertz CT molecular complexity index is 771. The van der Waals surface area contributed by atoms with Gasteiger partial charge in [-0.3, -0.25) is 4.79 Å². The minimum Gasteiger partial charge on any atom is -0.477 e. The molecule has 0 radical (unpaired) electrons. The van der Waals surface area contributed by atoms with E-state index in [0.29, 0.717) is 6.07 Å². The van der Waals surface area contributed by atoms with Crippen LogP contribution in [0.1, 0.15) is 10.4 Å². The van der Waals surface area contributed by atoms with Gasteiger partial charge in [-0.25, -0.2) is 13.6 Å². The first kappa shape index (κ1) is 15.1. The Hall–Kier alpha value is -2.32. The van der Waals surface area contributed by atoms with Crippen molar-refractivity contribution >= 4 is 16.9 Å². The van der Waals surface area contributed by atoms with Gasteiger partial charge in [0.15, 0.2) is 11.6 Å². The molecule has 0 saturated heterocycles. The summed E-state index contributed by atoms with van der Waals surface area (Å²) in [7, 11) is 0. The molecule has 6 nitrogen and oxygen atoms in total. The molecule has 2 aromatic rings. The fourth-order valence-electron chi connectivity index (χ4n) is 1.97. The van der Waals surface area contributed by atoms with E-state index in [1.165, 1.54) is 0 Å². The molecule has 0 spiro atoms. The number of halogens is 2. The minimum absolute atomic E-state index is 0.0728. The van der Waals surface area contributed by atoms with E-state index in [9.17, 15) is 23.5 Å². The van der Waals surface area contributed by atoms with Gasteiger partial charge in [-0.1, -0.05) is 0 Å². The van der Waals surface area contributed by atoms with Gasteiger partial charge in [0, 0.05) is 17.6 Å². The molecule has 3 N–H and O–H groups in total. The Balaban J connectivity index is 2.82. The van der Waals surface area contributed by atoms with Crippen LogP contribution in [-0.2, 0) is 6.54 Å². The Morgan fingerprint density at radius 1 is 1.29 bits per heavy atom. The fourth-order valence-corrected chi connectivity index (χ4v) is 1.97. The number of aromatic carboxylic acids is 1. The number of hydrogen-bond acceptors (Lipinski definition) is 4. The third kappa shape index (κ3) is 2.76. The molecule has 8 heteroatoms. The zero-order valence-electron chi connectivity index (χ0n) is 10.6. The molecule has 1 aromatic carbocycles. The fraction of sp³-hybridized carbons (Fsp3) is 0.231. The second-order valence-electron chi connectivity index (χ2n) is 4.45. The van der Waals surface area contributed by atoms with Crippen molar-refractivity contribution in [2.45, 2.75) is 12.6 Å². The molecule has 0 aliphatic carbocycles. The van der Waals surface area contributed by atoms with Gasteiger partial charge < -0.3 is 19.9 Å². The number of rotatable bonds is 4. The van der Waals surface area contributed by atoms with Crippen molar-refractivity contribution in [2.24, 2.45) is 0 Å². The van der Waals surface area contributed by atoms with Crippen LogP contribution in [0.5, 0.6) is 0 Å². The summed E-state index contributed by atoms with van der Waals surface area (Å²) in [5.41, 5.74) is -1.67. The van der Waals surface area contributed by atoms with Crippen LogP contribution in [0.3, 0.4) is 0 Å². The Kier molecular flexibility index (Phi) is 4.01. The largest absolute Gasteiger partial charge is 0.477 e. The normalized spacial score (nSPS) is 12.6. The van der Waals surface area contributed by atoms with Crippen molar-refractivity contribution in [3.63, 3.8) is 0 Å². The highest BCUT2D eigenvalue weighted by Crippen LogP contribution is 2.17.